The zero-order chi connectivity index (χ0) is 96.7. The molecule has 0 N–H and O–H groups in total. The SMILES string of the molecule is CC1(C)C2=CC=C3Oc4ccc(-c5ccc(-c6nc(-c7ccccc7)nc(-c7ccccc7)n6)cc5)cc4C34CC24c2ccccc2C1(C)C.CC1(C)c2ccccc2-c2cc3c(cc2C1(C)C)oc1ccc(N(c2ccccc2)c2ccc4c(c2)oc2ccccc24)cc13.CC1(C)c2ccccc2-c2ccc(N(c3ccccc3)c3ccc4oc5cc6c(cc5c4c3)-c3ccccc3C(C)(C)C6(C)C)cc21. The molecule has 4 aromatic heterocycles. The van der Waals surface area contributed by atoms with Crippen molar-refractivity contribution in [2.45, 2.75) is 147 Å². The zero-order valence-corrected chi connectivity index (χ0v) is 82.6. The summed E-state index contributed by atoms with van der Waals surface area (Å²) in [6, 6.07) is 137. The number of fused-ring (bicyclic) bond motifs is 20. The Balaban J connectivity index is 0.000000109. The Morgan fingerprint density at radius 1 is 0.218 bits per heavy atom. The molecule has 0 saturated heterocycles. The van der Waals surface area contributed by atoms with Crippen molar-refractivity contribution in [1.29, 1.82) is 0 Å². The molecule has 21 aromatic rings. The number of anilines is 6. The van der Waals surface area contributed by atoms with Gasteiger partial charge in [-0.15, -0.1) is 0 Å². The Morgan fingerprint density at radius 3 is 1.14 bits per heavy atom. The lowest BCUT2D eigenvalue weighted by Crippen LogP contribution is -2.49. The normalized spacial score (nSPS) is 18.2. The molecule has 0 amide bonds. The summed E-state index contributed by atoms with van der Waals surface area (Å²) in [5.41, 5.74) is 38.6. The van der Waals surface area contributed by atoms with Crippen LogP contribution in [0.15, 0.2) is 419 Å². The minimum absolute atomic E-state index is 0.00390. The lowest BCUT2D eigenvalue weighted by Gasteiger charge is -2.54. The van der Waals surface area contributed by atoms with Crippen LogP contribution in [0.25, 0.3) is 144 Å². The molecule has 1 saturated carbocycles. The molecule has 0 radical (unpaired) electrons. The van der Waals surface area contributed by atoms with Gasteiger partial charge in [0.2, 0.25) is 0 Å². The number of nitrogens with zero attached hydrogens (tertiary/aromatic N) is 5. The van der Waals surface area contributed by atoms with E-state index in [1.807, 2.05) is 72.8 Å². The van der Waals surface area contributed by atoms with E-state index in [0.29, 0.717) is 17.5 Å². The Labute approximate surface area is 829 Å². The van der Waals surface area contributed by atoms with E-state index in [4.69, 9.17) is 32.9 Å². The maximum Gasteiger partial charge on any atom is 0.164 e. The summed E-state index contributed by atoms with van der Waals surface area (Å²) in [4.78, 5) is 19.4. The van der Waals surface area contributed by atoms with Crippen LogP contribution in [0.2, 0.25) is 0 Å². The van der Waals surface area contributed by atoms with Gasteiger partial charge in [-0.05, 0) is 261 Å². The molecule has 9 nitrogen and oxygen atoms in total. The fourth-order valence-corrected chi connectivity index (χ4v) is 25.3. The molecule has 7 aliphatic rings. The molecule has 2 spiro atoms. The number of para-hydroxylation sites is 3. The maximum atomic E-state index is 6.69. The average Bonchev–Trinajstić information content (AvgIpc) is 1.44. The highest BCUT2D eigenvalue weighted by Gasteiger charge is 2.80. The minimum atomic E-state index is -0.182. The van der Waals surface area contributed by atoms with Crippen LogP contribution in [0.1, 0.15) is 153 Å². The third-order valence-electron chi connectivity index (χ3n) is 35.0. The predicted octanol–water partition coefficient (Wildman–Crippen LogP) is 35.4. The molecule has 2 unspecified atom stereocenters. The highest BCUT2D eigenvalue weighted by atomic mass is 16.5. The van der Waals surface area contributed by atoms with E-state index < -0.39 is 0 Å². The summed E-state index contributed by atoms with van der Waals surface area (Å²) in [5.74, 6) is 4.05. The first-order valence-electron chi connectivity index (χ1n) is 50.0. The van der Waals surface area contributed by atoms with Crippen molar-refractivity contribution in [2.24, 2.45) is 5.41 Å². The summed E-state index contributed by atoms with van der Waals surface area (Å²) in [6.07, 6.45) is 5.69. The van der Waals surface area contributed by atoms with Crippen LogP contribution in [-0.2, 0) is 43.3 Å². The molecule has 1 aliphatic heterocycles. The van der Waals surface area contributed by atoms with Crippen molar-refractivity contribution in [1.82, 2.24) is 15.0 Å². The molecule has 0 bridgehead atoms. The van der Waals surface area contributed by atoms with E-state index >= 15 is 0 Å². The van der Waals surface area contributed by atoms with Gasteiger partial charge in [-0.1, -0.05) is 357 Å². The van der Waals surface area contributed by atoms with Crippen molar-refractivity contribution in [3.8, 4) is 84.4 Å². The highest BCUT2D eigenvalue weighted by Crippen LogP contribution is 2.82. The number of aromatic nitrogens is 3. The summed E-state index contributed by atoms with van der Waals surface area (Å²) < 4.78 is 26.2. The van der Waals surface area contributed by atoms with Gasteiger partial charge in [0.25, 0.3) is 0 Å². The quantitative estimate of drug-likeness (QED) is 0.133. The van der Waals surface area contributed by atoms with E-state index in [1.165, 1.54) is 94.6 Å². The van der Waals surface area contributed by atoms with Crippen molar-refractivity contribution in [2.75, 3.05) is 9.80 Å². The van der Waals surface area contributed by atoms with E-state index in [2.05, 4.69) is 428 Å². The van der Waals surface area contributed by atoms with E-state index in [9.17, 15) is 0 Å². The van der Waals surface area contributed by atoms with Crippen LogP contribution in [-0.4, -0.2) is 15.0 Å². The number of rotatable bonds is 10. The lowest BCUT2D eigenvalue weighted by molar-refractivity contribution is 0.207. The Hall–Kier alpha value is -16.0. The summed E-state index contributed by atoms with van der Waals surface area (Å²) in [6.45, 7) is 33.4. The molecule has 1 fully saturated rings. The number of hydrogen-bond acceptors (Lipinski definition) is 9. The first kappa shape index (κ1) is 86.4. The Kier molecular flexibility index (Phi) is 18.9. The van der Waals surface area contributed by atoms with Crippen LogP contribution >= 0.6 is 0 Å². The van der Waals surface area contributed by atoms with Gasteiger partial charge in [-0.25, -0.2) is 15.0 Å². The largest absolute Gasteiger partial charge is 0.460 e. The van der Waals surface area contributed by atoms with Crippen molar-refractivity contribution >= 4 is 99.9 Å². The number of allylic oxidation sites excluding steroid dienone is 4. The van der Waals surface area contributed by atoms with Crippen molar-refractivity contribution in [3.63, 3.8) is 0 Å². The standard InChI is InChI=1S/C46H37N3O.C45H39NO.C42H33NO2/c1-43(2)34-17-11-12-18-35(34)45-28-46(45)36-27-33(23-24-37(36)50-39(46)26-25-38(45)44(43,3)4)29-19-21-32(22-20-29)42-48-40(30-13-7-5-8-14-30)47-41(49-42)31-15-9-6-10-16-31;1-43(2)37-18-12-10-16-31(37)33-22-20-30(25-39(33)43)46(28-14-8-7-9-15-28)29-21-23-41-35(24-29)36-26-34-32-17-11-13-19-38(32)44(3,4)45(5,6)40(34)27-42(36)47-41;1-41(2)35-16-10-8-14-29(35)32-24-34-33-22-27(19-21-38(33)45-40(34)25-36(32)42(41,3)4)43(26-12-6-5-7-13-26)28-18-20-31-30-15-9-11-17-37(30)44-39(31)23-28/h5-27H,28H2,1-4H3;7-27H,1-6H3;5-25H,1-4H3. The molecule has 9 heteroatoms. The van der Waals surface area contributed by atoms with Crippen molar-refractivity contribution < 1.29 is 18.0 Å². The number of benzene rings is 17. The molecular weight excluding hydrogens is 1730 g/mol. The topological polar surface area (TPSA) is 93.8 Å². The predicted molar refractivity (Wildman–Crippen MR) is 584 cm³/mol. The van der Waals surface area contributed by atoms with E-state index in [1.54, 1.807) is 0 Å². The average molecular weight is 1840 g/mol. The molecular formula is C133H109N5O4. The first-order valence-corrected chi connectivity index (χ1v) is 50.0. The Bertz CT molecular complexity index is 8830. The fourth-order valence-electron chi connectivity index (χ4n) is 25.3. The second kappa shape index (κ2) is 31.0. The van der Waals surface area contributed by atoms with Gasteiger partial charge in [-0.3, -0.25) is 0 Å². The van der Waals surface area contributed by atoms with Gasteiger partial charge in [0.1, 0.15) is 45.0 Å². The third-order valence-corrected chi connectivity index (χ3v) is 35.0. The van der Waals surface area contributed by atoms with Gasteiger partial charge in [0, 0.05) is 106 Å². The maximum absolute atomic E-state index is 6.69. The van der Waals surface area contributed by atoms with Crippen LogP contribution < -0.4 is 14.5 Å². The minimum Gasteiger partial charge on any atom is -0.460 e. The van der Waals surface area contributed by atoms with Crippen LogP contribution in [0.3, 0.4) is 0 Å². The lowest BCUT2D eigenvalue weighted by atomic mass is 9.49. The van der Waals surface area contributed by atoms with Gasteiger partial charge in [0.15, 0.2) is 17.5 Å². The summed E-state index contributed by atoms with van der Waals surface area (Å²) in [5, 5.41) is 6.79. The molecule has 5 heterocycles. The van der Waals surface area contributed by atoms with Crippen LogP contribution in [0, 0.1) is 5.41 Å². The molecule has 142 heavy (non-hydrogen) atoms. The first-order chi connectivity index (χ1) is 68.6. The molecule has 2 atom stereocenters. The molecule has 17 aromatic carbocycles. The van der Waals surface area contributed by atoms with Gasteiger partial charge < -0.3 is 27.8 Å². The second-order valence-electron chi connectivity index (χ2n) is 43.8. The van der Waals surface area contributed by atoms with Crippen LogP contribution in [0.4, 0.5) is 34.1 Å². The van der Waals surface area contributed by atoms with Gasteiger partial charge in [-0.2, -0.15) is 0 Å². The number of hydrogen-bond donors (Lipinski definition) is 0. The van der Waals surface area contributed by atoms with Gasteiger partial charge in [0.05, 0.1) is 5.41 Å². The second-order valence-corrected chi connectivity index (χ2v) is 43.8. The highest BCUT2D eigenvalue weighted by molar-refractivity contribution is 6.12. The zero-order valence-electron chi connectivity index (χ0n) is 82.6. The fraction of sp³-hybridized carbons (Fsp3) is 0.180. The van der Waals surface area contributed by atoms with Crippen molar-refractivity contribution in [3.05, 3.63) is 456 Å². The monoisotopic (exact) mass is 1840 g/mol. The third kappa shape index (κ3) is 12.5. The molecule has 6 aliphatic carbocycles. The van der Waals surface area contributed by atoms with E-state index in [0.717, 1.165) is 140 Å². The molecule has 690 valence electrons. The van der Waals surface area contributed by atoms with Crippen LogP contribution in [0.5, 0.6) is 5.75 Å². The molecule has 28 rings (SSSR count). The number of ether oxygens (including phenoxy) is 1. The Morgan fingerprint density at radius 2 is 0.599 bits per heavy atom. The van der Waals surface area contributed by atoms with E-state index in [-0.39, 0.29) is 48.7 Å². The summed E-state index contributed by atoms with van der Waals surface area (Å²) in [7, 11) is 0. The van der Waals surface area contributed by atoms with Gasteiger partial charge >= 0.3 is 0 Å². The smallest absolute Gasteiger partial charge is 0.164 e. The summed E-state index contributed by atoms with van der Waals surface area (Å²) >= 11 is 0. The number of furan rings is 3.